The fourth-order valence-electron chi connectivity index (χ4n) is 0.398. The minimum absolute atomic E-state index is 0.0758. The molecule has 0 N–H and O–H groups in total. The van der Waals surface area contributed by atoms with Gasteiger partial charge < -0.3 is 0 Å². The van der Waals surface area contributed by atoms with Crippen LogP contribution in [0.25, 0.3) is 0 Å². The molecule has 7 heteroatoms. The first-order chi connectivity index (χ1) is 6.02. The summed E-state index contributed by atoms with van der Waals surface area (Å²) in [5.41, 5.74) is -2.00. The molecule has 0 rings (SSSR count). The molecule has 3 nitrogen and oxygen atoms in total. The lowest BCUT2D eigenvalue weighted by Gasteiger charge is -2.17. The van der Waals surface area contributed by atoms with Gasteiger partial charge in [-0.3, -0.25) is 4.18 Å². The van der Waals surface area contributed by atoms with E-state index < -0.39 is 27.6 Å². The van der Waals surface area contributed by atoms with E-state index in [4.69, 9.17) is 0 Å². The van der Waals surface area contributed by atoms with Gasteiger partial charge in [0.2, 0.25) is 0 Å². The Hall–Kier alpha value is -0.560. The van der Waals surface area contributed by atoms with Crippen LogP contribution in [0.15, 0.2) is 12.7 Å². The average molecular weight is 232 g/mol. The van der Waals surface area contributed by atoms with E-state index in [0.29, 0.717) is 0 Å². The Morgan fingerprint density at radius 3 is 2.07 bits per heavy atom. The largest absolute Gasteiger partial charge is 0.388 e. The lowest BCUT2D eigenvalue weighted by Crippen LogP contribution is -2.32. The highest BCUT2D eigenvalue weighted by atomic mass is 32.2. The molecule has 0 atom stereocenters. The van der Waals surface area contributed by atoms with E-state index in [1.807, 2.05) is 0 Å². The molecule has 0 aromatic heterocycles. The summed E-state index contributed by atoms with van der Waals surface area (Å²) in [6.45, 7) is 3.70. The Labute approximate surface area is 80.7 Å². The Morgan fingerprint density at radius 1 is 1.36 bits per heavy atom. The number of rotatable bonds is 5. The van der Waals surface area contributed by atoms with Crippen LogP contribution in [0.2, 0.25) is 0 Å². The molecule has 0 aliphatic heterocycles. The summed E-state index contributed by atoms with van der Waals surface area (Å²) in [5, 5.41) is -4.20. The Balaban J connectivity index is 4.61. The van der Waals surface area contributed by atoms with Crippen LogP contribution in [0.1, 0.15) is 13.8 Å². The third-order valence-corrected chi connectivity index (χ3v) is 2.39. The van der Waals surface area contributed by atoms with Crippen LogP contribution in [0.5, 0.6) is 0 Å². The smallest absolute Gasteiger partial charge is 0.262 e. The van der Waals surface area contributed by atoms with E-state index in [-0.39, 0.29) is 6.08 Å². The van der Waals surface area contributed by atoms with Crippen molar-refractivity contribution in [3.05, 3.63) is 12.7 Å². The minimum atomic E-state index is -5.13. The van der Waals surface area contributed by atoms with Gasteiger partial charge in [0.15, 0.2) is 0 Å². The predicted molar refractivity (Wildman–Crippen MR) is 45.2 cm³/mol. The first kappa shape index (κ1) is 13.4. The highest BCUT2D eigenvalue weighted by Crippen LogP contribution is 2.25. The SMILES string of the molecule is C=CC(F)(F)S(=O)(=O)OCC(C)(C)F. The second-order valence-electron chi connectivity index (χ2n) is 3.20. The Morgan fingerprint density at radius 2 is 1.79 bits per heavy atom. The third kappa shape index (κ3) is 3.67. The van der Waals surface area contributed by atoms with Crippen molar-refractivity contribution in [1.82, 2.24) is 0 Å². The summed E-state index contributed by atoms with van der Waals surface area (Å²) in [6, 6.07) is 0. The highest BCUT2D eigenvalue weighted by molar-refractivity contribution is 7.88. The molecular formula is C7H11F3O3S. The van der Waals surface area contributed by atoms with Crippen molar-refractivity contribution < 1.29 is 25.8 Å². The van der Waals surface area contributed by atoms with Gasteiger partial charge in [-0.2, -0.15) is 17.2 Å². The van der Waals surface area contributed by atoms with Crippen molar-refractivity contribution in [3.8, 4) is 0 Å². The molecule has 14 heavy (non-hydrogen) atoms. The standard InChI is InChI=1S/C7H11F3O3S/c1-4-7(9,10)14(11,12)13-5-6(2,3)8/h4H,1,5H2,2-3H3. The second-order valence-corrected chi connectivity index (χ2v) is 4.89. The van der Waals surface area contributed by atoms with Crippen LogP contribution in [0, 0.1) is 0 Å². The fraction of sp³-hybridized carbons (Fsp3) is 0.714. The molecule has 84 valence electrons. The zero-order chi connectivity index (χ0) is 11.6. The zero-order valence-electron chi connectivity index (χ0n) is 7.76. The normalized spacial score (nSPS) is 14.1. The van der Waals surface area contributed by atoms with Crippen molar-refractivity contribution in [2.75, 3.05) is 6.61 Å². The van der Waals surface area contributed by atoms with Gasteiger partial charge in [-0.15, -0.1) is 0 Å². The summed E-state index contributed by atoms with van der Waals surface area (Å²) in [5.74, 6) is 0. The van der Waals surface area contributed by atoms with Crippen molar-refractivity contribution >= 4 is 10.1 Å². The number of halogens is 3. The summed E-state index contributed by atoms with van der Waals surface area (Å²) in [6.07, 6.45) is -0.0758. The molecule has 0 aromatic rings. The van der Waals surface area contributed by atoms with E-state index in [0.717, 1.165) is 13.8 Å². The lowest BCUT2D eigenvalue weighted by molar-refractivity contribution is 0.0890. The number of alkyl halides is 3. The topological polar surface area (TPSA) is 43.4 Å². The second kappa shape index (κ2) is 3.90. The molecule has 0 saturated carbocycles. The van der Waals surface area contributed by atoms with Crippen molar-refractivity contribution in [1.29, 1.82) is 0 Å². The van der Waals surface area contributed by atoms with E-state index in [1.165, 1.54) is 0 Å². The maximum Gasteiger partial charge on any atom is 0.388 e. The molecule has 0 fully saturated rings. The van der Waals surface area contributed by atoms with Gasteiger partial charge in [-0.1, -0.05) is 6.58 Å². The molecule has 0 saturated heterocycles. The van der Waals surface area contributed by atoms with Crippen LogP contribution in [-0.4, -0.2) is 25.9 Å². The first-order valence-corrected chi connectivity index (χ1v) is 5.02. The molecule has 0 spiro atoms. The molecular weight excluding hydrogens is 221 g/mol. The van der Waals surface area contributed by atoms with Crippen LogP contribution in [0.4, 0.5) is 13.2 Å². The maximum absolute atomic E-state index is 12.8. The quantitative estimate of drug-likeness (QED) is 0.536. The molecule has 0 bridgehead atoms. The molecule has 0 aliphatic rings. The van der Waals surface area contributed by atoms with Crippen molar-refractivity contribution in [2.24, 2.45) is 0 Å². The van der Waals surface area contributed by atoms with E-state index in [9.17, 15) is 21.6 Å². The van der Waals surface area contributed by atoms with Gasteiger partial charge >= 0.3 is 15.4 Å². The van der Waals surface area contributed by atoms with Crippen LogP contribution >= 0.6 is 0 Å². The van der Waals surface area contributed by atoms with Crippen LogP contribution in [0.3, 0.4) is 0 Å². The monoisotopic (exact) mass is 232 g/mol. The van der Waals surface area contributed by atoms with Gasteiger partial charge in [-0.05, 0) is 19.9 Å². The summed E-state index contributed by atoms with van der Waals surface area (Å²) in [7, 11) is -5.13. The van der Waals surface area contributed by atoms with Gasteiger partial charge in [0.1, 0.15) is 5.67 Å². The van der Waals surface area contributed by atoms with Gasteiger partial charge in [-0.25, -0.2) is 4.39 Å². The Kier molecular flexibility index (Phi) is 3.74. The molecule has 0 aromatic carbocycles. The van der Waals surface area contributed by atoms with Gasteiger partial charge in [0, 0.05) is 0 Å². The van der Waals surface area contributed by atoms with E-state index in [1.54, 1.807) is 0 Å². The number of hydrogen-bond acceptors (Lipinski definition) is 3. The third-order valence-electron chi connectivity index (χ3n) is 1.13. The summed E-state index contributed by atoms with van der Waals surface area (Å²) < 4.78 is 63.1. The highest BCUT2D eigenvalue weighted by Gasteiger charge is 2.43. The molecule has 0 heterocycles. The first-order valence-electron chi connectivity index (χ1n) is 3.61. The Bertz CT molecular complexity index is 303. The van der Waals surface area contributed by atoms with E-state index >= 15 is 0 Å². The van der Waals surface area contributed by atoms with E-state index in [2.05, 4.69) is 10.8 Å². The molecule has 0 amide bonds. The maximum atomic E-state index is 12.8. The molecule has 0 radical (unpaired) electrons. The summed E-state index contributed by atoms with van der Waals surface area (Å²) >= 11 is 0. The minimum Gasteiger partial charge on any atom is -0.262 e. The fourth-order valence-corrected chi connectivity index (χ4v) is 1.19. The van der Waals surface area contributed by atoms with Crippen molar-refractivity contribution in [2.45, 2.75) is 24.8 Å². The van der Waals surface area contributed by atoms with Crippen LogP contribution < -0.4 is 0 Å². The average Bonchev–Trinajstić information content (AvgIpc) is 1.99. The van der Waals surface area contributed by atoms with Gasteiger partial charge in [0.05, 0.1) is 6.61 Å². The molecule has 0 aliphatic carbocycles. The predicted octanol–water partition coefficient (Wildman–Crippen LogP) is 1.86. The molecule has 0 unspecified atom stereocenters. The van der Waals surface area contributed by atoms with Gasteiger partial charge in [0.25, 0.3) is 0 Å². The van der Waals surface area contributed by atoms with Crippen molar-refractivity contribution in [3.63, 3.8) is 0 Å². The zero-order valence-corrected chi connectivity index (χ0v) is 8.57. The number of hydrogen-bond donors (Lipinski definition) is 0. The lowest BCUT2D eigenvalue weighted by atomic mass is 10.2. The summed E-state index contributed by atoms with van der Waals surface area (Å²) in [4.78, 5) is 0. The van der Waals surface area contributed by atoms with Crippen LogP contribution in [-0.2, 0) is 14.3 Å².